The number of nitrogens with two attached hydrogens (primary N) is 1. The highest BCUT2D eigenvalue weighted by Crippen LogP contribution is 2.12. The van der Waals surface area contributed by atoms with Crippen molar-refractivity contribution in [3.63, 3.8) is 0 Å². The normalized spacial score (nSPS) is 15.3. The highest BCUT2D eigenvalue weighted by Gasteiger charge is 2.28. The molecule has 12 heavy (non-hydrogen) atoms. The predicted octanol–water partition coefficient (Wildman–Crippen LogP) is 1.46. The van der Waals surface area contributed by atoms with Gasteiger partial charge in [-0.3, -0.25) is 4.79 Å². The van der Waals surface area contributed by atoms with Gasteiger partial charge in [0.15, 0.2) is 0 Å². The van der Waals surface area contributed by atoms with E-state index in [0.717, 1.165) is 19.3 Å². The molecule has 0 aliphatic rings. The van der Waals surface area contributed by atoms with Crippen molar-refractivity contribution in [3.05, 3.63) is 0 Å². The van der Waals surface area contributed by atoms with Gasteiger partial charge in [0.05, 0.1) is 7.11 Å². The molecule has 0 aromatic carbocycles. The first kappa shape index (κ1) is 11.4. The van der Waals surface area contributed by atoms with Gasteiger partial charge in [-0.15, -0.1) is 0 Å². The van der Waals surface area contributed by atoms with E-state index in [2.05, 4.69) is 11.7 Å². The van der Waals surface area contributed by atoms with Crippen LogP contribution in [0.5, 0.6) is 0 Å². The lowest BCUT2D eigenvalue weighted by Gasteiger charge is -2.20. The fourth-order valence-electron chi connectivity index (χ4n) is 1.08. The summed E-state index contributed by atoms with van der Waals surface area (Å²) in [5.41, 5.74) is 4.94. The topological polar surface area (TPSA) is 52.3 Å². The van der Waals surface area contributed by atoms with Crippen LogP contribution in [0.3, 0.4) is 0 Å². The fraction of sp³-hybridized carbons (Fsp3) is 0.889. The summed E-state index contributed by atoms with van der Waals surface area (Å²) >= 11 is 0. The second-order valence-electron chi connectivity index (χ2n) is 3.37. The maximum absolute atomic E-state index is 11.1. The summed E-state index contributed by atoms with van der Waals surface area (Å²) in [6.07, 6.45) is 3.94. The molecule has 0 aliphatic heterocycles. The Labute approximate surface area is 74.3 Å². The van der Waals surface area contributed by atoms with E-state index in [0.29, 0.717) is 6.42 Å². The molecule has 0 saturated heterocycles. The van der Waals surface area contributed by atoms with Gasteiger partial charge in [-0.1, -0.05) is 26.2 Å². The van der Waals surface area contributed by atoms with Gasteiger partial charge in [0.2, 0.25) is 0 Å². The number of carbonyl (C=O) groups is 1. The zero-order valence-electron chi connectivity index (χ0n) is 8.22. The Bertz CT molecular complexity index is 143. The summed E-state index contributed by atoms with van der Waals surface area (Å²) in [4.78, 5) is 11.1. The number of rotatable bonds is 5. The lowest BCUT2D eigenvalue weighted by molar-refractivity contribution is -0.146. The number of hydrogen-bond acceptors (Lipinski definition) is 3. The second kappa shape index (κ2) is 5.14. The zero-order chi connectivity index (χ0) is 9.61. The first-order chi connectivity index (χ1) is 5.54. The van der Waals surface area contributed by atoms with E-state index in [1.165, 1.54) is 7.11 Å². The number of carbonyl (C=O) groups excluding carboxylic acids is 1. The van der Waals surface area contributed by atoms with Gasteiger partial charge in [0, 0.05) is 0 Å². The third-order valence-corrected chi connectivity index (χ3v) is 1.95. The average molecular weight is 173 g/mol. The van der Waals surface area contributed by atoms with Crippen molar-refractivity contribution in [1.29, 1.82) is 0 Å². The van der Waals surface area contributed by atoms with Crippen LogP contribution in [0.25, 0.3) is 0 Å². The quantitative estimate of drug-likeness (QED) is 0.506. The summed E-state index contributed by atoms with van der Waals surface area (Å²) in [5, 5.41) is 0. The summed E-state index contributed by atoms with van der Waals surface area (Å²) in [7, 11) is 1.37. The number of unbranched alkanes of at least 4 members (excludes halogenated alkanes) is 2. The molecule has 0 aromatic heterocycles. The molecule has 0 heterocycles. The second-order valence-corrected chi connectivity index (χ2v) is 3.37. The molecule has 0 saturated carbocycles. The summed E-state index contributed by atoms with van der Waals surface area (Å²) in [6, 6.07) is 0. The molecule has 1 unspecified atom stereocenters. The lowest BCUT2D eigenvalue weighted by atomic mass is 9.96. The zero-order valence-corrected chi connectivity index (χ0v) is 8.22. The summed E-state index contributed by atoms with van der Waals surface area (Å²) in [6.45, 7) is 3.83. The van der Waals surface area contributed by atoms with Gasteiger partial charge in [-0.05, 0) is 13.3 Å². The molecular formula is C9H19NO2. The number of ether oxygens (including phenoxy) is 1. The van der Waals surface area contributed by atoms with Crippen LogP contribution in [-0.2, 0) is 9.53 Å². The fourth-order valence-corrected chi connectivity index (χ4v) is 1.08. The minimum absolute atomic E-state index is 0.321. The Morgan fingerprint density at radius 2 is 2.08 bits per heavy atom. The molecule has 0 spiro atoms. The van der Waals surface area contributed by atoms with Crippen LogP contribution in [0.4, 0.5) is 0 Å². The van der Waals surface area contributed by atoms with Crippen LogP contribution < -0.4 is 5.73 Å². The highest BCUT2D eigenvalue weighted by molar-refractivity contribution is 5.79. The molecule has 0 aromatic rings. The van der Waals surface area contributed by atoms with E-state index in [-0.39, 0.29) is 5.97 Å². The van der Waals surface area contributed by atoms with Crippen LogP contribution >= 0.6 is 0 Å². The summed E-state index contributed by atoms with van der Waals surface area (Å²) < 4.78 is 4.58. The predicted molar refractivity (Wildman–Crippen MR) is 48.8 cm³/mol. The lowest BCUT2D eigenvalue weighted by Crippen LogP contribution is -2.45. The van der Waals surface area contributed by atoms with Crippen LogP contribution in [-0.4, -0.2) is 18.6 Å². The Balaban J connectivity index is 3.78. The van der Waals surface area contributed by atoms with E-state index < -0.39 is 5.54 Å². The van der Waals surface area contributed by atoms with Gasteiger partial charge >= 0.3 is 5.97 Å². The largest absolute Gasteiger partial charge is 0.468 e. The van der Waals surface area contributed by atoms with Crippen LogP contribution in [0, 0.1) is 0 Å². The monoisotopic (exact) mass is 173 g/mol. The van der Waals surface area contributed by atoms with Crippen molar-refractivity contribution >= 4 is 5.97 Å². The van der Waals surface area contributed by atoms with Gasteiger partial charge < -0.3 is 10.5 Å². The SMILES string of the molecule is CCCCCC(C)(N)C(=O)OC. The minimum atomic E-state index is -0.802. The molecule has 0 fully saturated rings. The van der Waals surface area contributed by atoms with Crippen molar-refractivity contribution < 1.29 is 9.53 Å². The molecule has 0 amide bonds. The molecule has 0 aliphatic carbocycles. The van der Waals surface area contributed by atoms with Gasteiger partial charge in [-0.25, -0.2) is 0 Å². The van der Waals surface area contributed by atoms with Gasteiger partial charge in [0.1, 0.15) is 5.54 Å². The first-order valence-corrected chi connectivity index (χ1v) is 4.42. The maximum Gasteiger partial charge on any atom is 0.325 e. The Hall–Kier alpha value is -0.570. The standard InChI is InChI=1S/C9H19NO2/c1-4-5-6-7-9(2,10)8(11)12-3/h4-7,10H2,1-3H3. The molecule has 1 atom stereocenters. The third-order valence-electron chi connectivity index (χ3n) is 1.95. The molecule has 2 N–H and O–H groups in total. The van der Waals surface area contributed by atoms with Crippen molar-refractivity contribution in [2.75, 3.05) is 7.11 Å². The van der Waals surface area contributed by atoms with E-state index >= 15 is 0 Å². The van der Waals surface area contributed by atoms with Gasteiger partial charge in [0.25, 0.3) is 0 Å². The molecule has 3 heteroatoms. The number of hydrogen-bond donors (Lipinski definition) is 1. The number of esters is 1. The van der Waals surface area contributed by atoms with E-state index in [1.54, 1.807) is 6.92 Å². The van der Waals surface area contributed by atoms with E-state index in [1.807, 2.05) is 0 Å². The maximum atomic E-state index is 11.1. The van der Waals surface area contributed by atoms with E-state index in [4.69, 9.17) is 5.73 Å². The number of methoxy groups -OCH3 is 1. The van der Waals surface area contributed by atoms with Crippen molar-refractivity contribution in [3.8, 4) is 0 Å². The molecule has 0 rings (SSSR count). The Morgan fingerprint density at radius 3 is 2.50 bits per heavy atom. The third kappa shape index (κ3) is 3.72. The van der Waals surface area contributed by atoms with Crippen LogP contribution in [0.15, 0.2) is 0 Å². The molecular weight excluding hydrogens is 154 g/mol. The van der Waals surface area contributed by atoms with Crippen molar-refractivity contribution in [2.45, 2.75) is 45.1 Å². The van der Waals surface area contributed by atoms with Crippen LogP contribution in [0.1, 0.15) is 39.5 Å². The molecule has 72 valence electrons. The summed E-state index contributed by atoms with van der Waals surface area (Å²) in [5.74, 6) is -0.321. The van der Waals surface area contributed by atoms with Crippen molar-refractivity contribution in [2.24, 2.45) is 5.73 Å². The van der Waals surface area contributed by atoms with Crippen molar-refractivity contribution in [1.82, 2.24) is 0 Å². The average Bonchev–Trinajstić information content (AvgIpc) is 2.03. The molecule has 3 nitrogen and oxygen atoms in total. The highest BCUT2D eigenvalue weighted by atomic mass is 16.5. The molecule has 0 radical (unpaired) electrons. The Kier molecular flexibility index (Phi) is 4.90. The van der Waals surface area contributed by atoms with Crippen LogP contribution in [0.2, 0.25) is 0 Å². The first-order valence-electron chi connectivity index (χ1n) is 4.42. The van der Waals surface area contributed by atoms with E-state index in [9.17, 15) is 4.79 Å². The smallest absolute Gasteiger partial charge is 0.325 e. The minimum Gasteiger partial charge on any atom is -0.468 e. The van der Waals surface area contributed by atoms with Gasteiger partial charge in [-0.2, -0.15) is 0 Å². The molecule has 0 bridgehead atoms. The Morgan fingerprint density at radius 1 is 1.50 bits per heavy atom.